The maximum absolute atomic E-state index is 13.0. The maximum atomic E-state index is 13.0. The van der Waals surface area contributed by atoms with Crippen LogP contribution in [0.15, 0.2) is 23.4 Å². The van der Waals surface area contributed by atoms with Gasteiger partial charge in [-0.2, -0.15) is 0 Å². The van der Waals surface area contributed by atoms with E-state index in [1.807, 2.05) is 30.0 Å². The van der Waals surface area contributed by atoms with Crippen LogP contribution in [0.5, 0.6) is 11.5 Å². The van der Waals surface area contributed by atoms with Crippen LogP contribution in [0.3, 0.4) is 0 Å². The number of nitrogens with zero attached hydrogens (tertiary/aromatic N) is 5. The number of thioether (sulfide) groups is 1. The van der Waals surface area contributed by atoms with Crippen LogP contribution in [-0.2, 0) is 11.3 Å². The van der Waals surface area contributed by atoms with Crippen LogP contribution in [0.4, 0.5) is 5.95 Å². The van der Waals surface area contributed by atoms with Gasteiger partial charge in [-0.05, 0) is 56.7 Å². The van der Waals surface area contributed by atoms with Crippen molar-refractivity contribution in [3.05, 3.63) is 23.8 Å². The molecule has 0 unspecified atom stereocenters. The predicted molar refractivity (Wildman–Crippen MR) is 124 cm³/mol. The molecule has 0 N–H and O–H groups in total. The molecule has 0 atom stereocenters. The van der Waals surface area contributed by atoms with E-state index in [1.165, 1.54) is 43.9 Å². The van der Waals surface area contributed by atoms with Crippen LogP contribution >= 0.6 is 11.8 Å². The van der Waals surface area contributed by atoms with Crippen LogP contribution in [0, 0.1) is 0 Å². The van der Waals surface area contributed by atoms with Crippen molar-refractivity contribution >= 4 is 23.6 Å². The van der Waals surface area contributed by atoms with Crippen LogP contribution in [0.2, 0.25) is 0 Å². The van der Waals surface area contributed by atoms with Gasteiger partial charge < -0.3 is 19.3 Å². The zero-order valence-corrected chi connectivity index (χ0v) is 19.5. The number of ether oxygens (including phenoxy) is 2. The minimum atomic E-state index is 0.109. The van der Waals surface area contributed by atoms with Gasteiger partial charge in [0.25, 0.3) is 0 Å². The molecule has 8 nitrogen and oxygen atoms in total. The van der Waals surface area contributed by atoms with Crippen molar-refractivity contribution in [1.82, 2.24) is 19.7 Å². The smallest absolute Gasteiger partial charge is 0.233 e. The Balaban J connectivity index is 1.23. The lowest BCUT2D eigenvalue weighted by Crippen LogP contribution is -2.32. The number of hydrogen-bond acceptors (Lipinski definition) is 7. The van der Waals surface area contributed by atoms with E-state index in [9.17, 15) is 4.79 Å². The third-order valence-electron chi connectivity index (χ3n) is 6.24. The second-order valence-corrected chi connectivity index (χ2v) is 9.55. The molecule has 1 aliphatic carbocycles. The first kappa shape index (κ1) is 21.4. The normalized spacial score (nSPS) is 18.0. The lowest BCUT2D eigenvalue weighted by atomic mass is 10.1. The molecule has 5 rings (SSSR count). The minimum absolute atomic E-state index is 0.109. The molecule has 3 heterocycles. The molecule has 3 aliphatic rings. The van der Waals surface area contributed by atoms with Gasteiger partial charge in [0.05, 0.1) is 5.75 Å². The third kappa shape index (κ3) is 4.67. The summed E-state index contributed by atoms with van der Waals surface area (Å²) in [6, 6.07) is 6.40. The summed E-state index contributed by atoms with van der Waals surface area (Å²) < 4.78 is 13.6. The molecular weight excluding hydrogens is 426 g/mol. The Labute approximate surface area is 193 Å². The molecule has 1 amide bonds. The molecule has 2 fully saturated rings. The van der Waals surface area contributed by atoms with Gasteiger partial charge in [-0.3, -0.25) is 9.36 Å². The molecular formula is C23H31N5O3S. The SMILES string of the molecule is CCN(Cc1ccc2c(c1)OCCO2)C(=O)CSc1nnc(N2CCCCC2)n1C1CC1. The Kier molecular flexibility index (Phi) is 6.43. The highest BCUT2D eigenvalue weighted by Crippen LogP contribution is 2.41. The topological polar surface area (TPSA) is 72.7 Å². The molecule has 9 heteroatoms. The first-order chi connectivity index (χ1) is 15.7. The van der Waals surface area contributed by atoms with Gasteiger partial charge >= 0.3 is 0 Å². The number of amides is 1. The Hall–Kier alpha value is -2.42. The van der Waals surface area contributed by atoms with Gasteiger partial charge in [0.1, 0.15) is 13.2 Å². The first-order valence-electron chi connectivity index (χ1n) is 11.7. The Morgan fingerprint density at radius 1 is 1.12 bits per heavy atom. The summed E-state index contributed by atoms with van der Waals surface area (Å²) in [5.41, 5.74) is 1.04. The summed E-state index contributed by atoms with van der Waals surface area (Å²) in [6.07, 6.45) is 6.06. The number of piperidine rings is 1. The fraction of sp³-hybridized carbons (Fsp3) is 0.609. The second-order valence-electron chi connectivity index (χ2n) is 8.61. The summed E-state index contributed by atoms with van der Waals surface area (Å²) >= 11 is 1.51. The van der Waals surface area contributed by atoms with E-state index in [0.717, 1.165) is 41.3 Å². The fourth-order valence-electron chi connectivity index (χ4n) is 4.33. The molecule has 0 bridgehead atoms. The van der Waals surface area contributed by atoms with E-state index in [1.54, 1.807) is 0 Å². The van der Waals surface area contributed by atoms with Gasteiger partial charge in [-0.15, -0.1) is 10.2 Å². The van der Waals surface area contributed by atoms with E-state index < -0.39 is 0 Å². The lowest BCUT2D eigenvalue weighted by molar-refractivity contribution is -0.128. The van der Waals surface area contributed by atoms with Crippen molar-refractivity contribution in [2.45, 2.75) is 56.8 Å². The van der Waals surface area contributed by atoms with Gasteiger partial charge in [0.15, 0.2) is 16.7 Å². The molecule has 1 aromatic heterocycles. The van der Waals surface area contributed by atoms with E-state index in [4.69, 9.17) is 9.47 Å². The third-order valence-corrected chi connectivity index (χ3v) is 7.16. The van der Waals surface area contributed by atoms with E-state index in [-0.39, 0.29) is 5.91 Å². The Morgan fingerprint density at radius 3 is 2.66 bits per heavy atom. The number of rotatable bonds is 8. The summed E-state index contributed by atoms with van der Waals surface area (Å²) in [6.45, 7) is 6.46. The van der Waals surface area contributed by atoms with Crippen LogP contribution < -0.4 is 14.4 Å². The van der Waals surface area contributed by atoms with Gasteiger partial charge in [-0.1, -0.05) is 17.8 Å². The number of benzene rings is 1. The van der Waals surface area contributed by atoms with Crippen molar-refractivity contribution in [1.29, 1.82) is 0 Å². The van der Waals surface area contributed by atoms with Crippen molar-refractivity contribution in [2.75, 3.05) is 43.5 Å². The van der Waals surface area contributed by atoms with Crippen LogP contribution in [0.25, 0.3) is 0 Å². The molecule has 1 aromatic carbocycles. The molecule has 32 heavy (non-hydrogen) atoms. The molecule has 1 saturated carbocycles. The quantitative estimate of drug-likeness (QED) is 0.562. The number of fused-ring (bicyclic) bond motifs is 1. The van der Waals surface area contributed by atoms with Crippen molar-refractivity contribution in [2.24, 2.45) is 0 Å². The molecule has 0 radical (unpaired) electrons. The van der Waals surface area contributed by atoms with E-state index in [2.05, 4.69) is 19.7 Å². The summed E-state index contributed by atoms with van der Waals surface area (Å²) in [7, 11) is 0. The van der Waals surface area contributed by atoms with E-state index in [0.29, 0.717) is 38.1 Å². The van der Waals surface area contributed by atoms with Crippen LogP contribution in [0.1, 0.15) is 50.6 Å². The zero-order valence-electron chi connectivity index (χ0n) is 18.7. The largest absolute Gasteiger partial charge is 0.486 e. The number of carbonyl (C=O) groups excluding carboxylic acids is 1. The highest BCUT2D eigenvalue weighted by molar-refractivity contribution is 7.99. The van der Waals surface area contributed by atoms with Crippen molar-refractivity contribution in [3.63, 3.8) is 0 Å². The zero-order chi connectivity index (χ0) is 21.9. The highest BCUT2D eigenvalue weighted by Gasteiger charge is 2.32. The summed E-state index contributed by atoms with van der Waals surface area (Å²) in [5, 5.41) is 9.87. The van der Waals surface area contributed by atoms with Crippen molar-refractivity contribution in [3.8, 4) is 11.5 Å². The van der Waals surface area contributed by atoms with Gasteiger partial charge in [0, 0.05) is 32.2 Å². The van der Waals surface area contributed by atoms with Crippen LogP contribution in [-0.4, -0.2) is 64.2 Å². The van der Waals surface area contributed by atoms with E-state index >= 15 is 0 Å². The molecule has 2 aromatic rings. The average molecular weight is 458 g/mol. The predicted octanol–water partition coefficient (Wildman–Crippen LogP) is 3.52. The lowest BCUT2D eigenvalue weighted by Gasteiger charge is -2.27. The first-order valence-corrected chi connectivity index (χ1v) is 12.7. The average Bonchev–Trinajstić information content (AvgIpc) is 3.60. The summed E-state index contributed by atoms with van der Waals surface area (Å²) in [5.74, 6) is 3.00. The monoisotopic (exact) mass is 457 g/mol. The number of anilines is 1. The highest BCUT2D eigenvalue weighted by atomic mass is 32.2. The minimum Gasteiger partial charge on any atom is -0.486 e. The number of hydrogen-bond donors (Lipinski definition) is 0. The molecule has 2 aliphatic heterocycles. The maximum Gasteiger partial charge on any atom is 0.233 e. The van der Waals surface area contributed by atoms with Gasteiger partial charge in [0.2, 0.25) is 11.9 Å². The molecule has 1 saturated heterocycles. The second kappa shape index (κ2) is 9.60. The van der Waals surface area contributed by atoms with Gasteiger partial charge in [-0.25, -0.2) is 0 Å². The molecule has 172 valence electrons. The standard InChI is InChI=1S/C23H31N5O3S/c1-2-26(15-17-6-9-19-20(14-17)31-13-12-30-19)21(29)16-32-23-25-24-22(28(23)18-7-8-18)27-10-4-3-5-11-27/h6,9,14,18H,2-5,7-8,10-13,15-16H2,1H3. The molecule has 0 spiro atoms. The summed E-state index contributed by atoms with van der Waals surface area (Å²) in [4.78, 5) is 17.3. The number of aromatic nitrogens is 3. The van der Waals surface area contributed by atoms with Crippen molar-refractivity contribution < 1.29 is 14.3 Å². The fourth-order valence-corrected chi connectivity index (χ4v) is 5.23. The Bertz CT molecular complexity index is 955. The Morgan fingerprint density at radius 2 is 1.91 bits per heavy atom. The number of carbonyl (C=O) groups is 1.